The summed E-state index contributed by atoms with van der Waals surface area (Å²) < 4.78 is 0. The molecular formula is C12H17N3O2. The summed E-state index contributed by atoms with van der Waals surface area (Å²) in [6, 6.07) is 8.30. The molecule has 4 N–H and O–H groups in total. The molecule has 1 aliphatic heterocycles. The van der Waals surface area contributed by atoms with Crippen molar-refractivity contribution in [3.8, 4) is 0 Å². The molecule has 1 aromatic carbocycles. The molecular weight excluding hydrogens is 218 g/mol. The Balaban J connectivity index is 2.04. The van der Waals surface area contributed by atoms with Gasteiger partial charge < -0.3 is 11.1 Å². The van der Waals surface area contributed by atoms with Crippen LogP contribution in [0, 0.1) is 0 Å². The Kier molecular flexibility index (Phi) is 4.08. The van der Waals surface area contributed by atoms with E-state index < -0.39 is 5.91 Å². The Morgan fingerprint density at radius 2 is 2.35 bits per heavy atom. The number of hydroxylamine groups is 1. The number of hydrogen-bond donors (Lipinski definition) is 3. The largest absolute Gasteiger partial charge is 0.368 e. The van der Waals surface area contributed by atoms with Crippen LogP contribution in [0.1, 0.15) is 23.6 Å². The van der Waals surface area contributed by atoms with E-state index in [-0.39, 0.29) is 12.6 Å². The Bertz CT molecular complexity index is 395. The zero-order chi connectivity index (χ0) is 12.1. The molecule has 0 spiro atoms. The number of hydrogen-bond acceptors (Lipinski definition) is 4. The van der Waals surface area contributed by atoms with Gasteiger partial charge in [-0.1, -0.05) is 24.3 Å². The molecule has 1 heterocycles. The molecule has 0 saturated heterocycles. The zero-order valence-corrected chi connectivity index (χ0v) is 9.61. The van der Waals surface area contributed by atoms with Gasteiger partial charge in [0.15, 0.2) is 0 Å². The number of primary amides is 1. The lowest BCUT2D eigenvalue weighted by Gasteiger charge is -2.18. The third-order valence-corrected chi connectivity index (χ3v) is 2.80. The van der Waals surface area contributed by atoms with Crippen molar-refractivity contribution in [3.05, 3.63) is 35.4 Å². The molecule has 17 heavy (non-hydrogen) atoms. The van der Waals surface area contributed by atoms with Gasteiger partial charge in [-0.15, -0.1) is 0 Å². The third kappa shape index (κ3) is 3.26. The monoisotopic (exact) mass is 235 g/mol. The Morgan fingerprint density at radius 3 is 3.18 bits per heavy atom. The van der Waals surface area contributed by atoms with Gasteiger partial charge in [-0.2, -0.15) is 5.48 Å². The molecule has 1 aromatic rings. The predicted molar refractivity (Wildman–Crippen MR) is 63.8 cm³/mol. The molecule has 1 aliphatic rings. The van der Waals surface area contributed by atoms with Gasteiger partial charge in [-0.3, -0.25) is 9.63 Å². The fraction of sp³-hybridized carbons (Fsp3) is 0.417. The van der Waals surface area contributed by atoms with E-state index in [0.717, 1.165) is 19.5 Å². The quantitative estimate of drug-likeness (QED) is 0.653. The number of amides is 1. The van der Waals surface area contributed by atoms with Crippen LogP contribution < -0.4 is 16.5 Å². The second kappa shape index (κ2) is 5.77. The smallest absolute Gasteiger partial charge is 0.245 e. The standard InChI is InChI=1S/C12H17N3O2/c13-12(16)8-17-15-11-5-6-14-7-9-3-1-2-4-10(9)11/h1-4,11,14-15H,5-8H2,(H2,13,16). The van der Waals surface area contributed by atoms with E-state index in [0.29, 0.717) is 0 Å². The number of nitrogens with two attached hydrogens (primary N) is 1. The van der Waals surface area contributed by atoms with E-state index in [1.54, 1.807) is 0 Å². The first kappa shape index (κ1) is 12.0. The maximum absolute atomic E-state index is 10.6. The summed E-state index contributed by atoms with van der Waals surface area (Å²) in [5.74, 6) is -0.475. The minimum Gasteiger partial charge on any atom is -0.368 e. The van der Waals surface area contributed by atoms with Gasteiger partial charge in [0.2, 0.25) is 5.91 Å². The number of rotatable bonds is 4. The van der Waals surface area contributed by atoms with E-state index in [2.05, 4.69) is 22.9 Å². The number of nitrogens with one attached hydrogen (secondary N) is 2. The predicted octanol–water partition coefficient (Wildman–Crippen LogP) is 0.228. The highest BCUT2D eigenvalue weighted by atomic mass is 16.6. The Labute approximate surface area is 100 Å². The van der Waals surface area contributed by atoms with Crippen molar-refractivity contribution in [3.63, 3.8) is 0 Å². The molecule has 0 saturated carbocycles. The first-order chi connectivity index (χ1) is 8.27. The van der Waals surface area contributed by atoms with E-state index in [9.17, 15) is 4.79 Å². The summed E-state index contributed by atoms with van der Waals surface area (Å²) in [5.41, 5.74) is 10.4. The molecule has 5 nitrogen and oxygen atoms in total. The summed E-state index contributed by atoms with van der Waals surface area (Å²) in [5, 5.41) is 3.35. The van der Waals surface area contributed by atoms with Gasteiger partial charge in [-0.05, 0) is 24.1 Å². The van der Waals surface area contributed by atoms with Gasteiger partial charge in [0, 0.05) is 6.54 Å². The average Bonchev–Trinajstić information content (AvgIpc) is 2.52. The van der Waals surface area contributed by atoms with Crippen molar-refractivity contribution in [1.82, 2.24) is 10.8 Å². The van der Waals surface area contributed by atoms with Crippen LogP contribution in [0.25, 0.3) is 0 Å². The molecule has 1 atom stereocenters. The minimum atomic E-state index is -0.475. The van der Waals surface area contributed by atoms with E-state index in [1.807, 2.05) is 12.1 Å². The summed E-state index contributed by atoms with van der Waals surface area (Å²) in [6.45, 7) is 1.67. The summed E-state index contributed by atoms with van der Waals surface area (Å²) in [7, 11) is 0. The van der Waals surface area contributed by atoms with Crippen molar-refractivity contribution in [2.45, 2.75) is 19.0 Å². The van der Waals surface area contributed by atoms with Crippen molar-refractivity contribution < 1.29 is 9.63 Å². The van der Waals surface area contributed by atoms with Gasteiger partial charge in [0.1, 0.15) is 6.61 Å². The molecule has 0 bridgehead atoms. The number of carbonyl (C=O) groups excluding carboxylic acids is 1. The first-order valence-electron chi connectivity index (χ1n) is 5.71. The third-order valence-electron chi connectivity index (χ3n) is 2.80. The SMILES string of the molecule is NC(=O)CONC1CCNCc2ccccc21. The minimum absolute atomic E-state index is 0.0977. The topological polar surface area (TPSA) is 76.4 Å². The molecule has 92 valence electrons. The molecule has 5 heteroatoms. The highest BCUT2D eigenvalue weighted by Gasteiger charge is 2.17. The van der Waals surface area contributed by atoms with Crippen LogP contribution >= 0.6 is 0 Å². The maximum atomic E-state index is 10.6. The Hall–Kier alpha value is -1.43. The van der Waals surface area contributed by atoms with E-state index >= 15 is 0 Å². The van der Waals surface area contributed by atoms with Crippen LogP contribution in [0.5, 0.6) is 0 Å². The lowest BCUT2D eigenvalue weighted by atomic mass is 10.0. The number of carbonyl (C=O) groups is 1. The molecule has 2 rings (SSSR count). The second-order valence-corrected chi connectivity index (χ2v) is 4.09. The number of fused-ring (bicyclic) bond motifs is 1. The van der Waals surface area contributed by atoms with Gasteiger partial charge in [-0.25, -0.2) is 0 Å². The van der Waals surface area contributed by atoms with Crippen molar-refractivity contribution in [2.75, 3.05) is 13.2 Å². The average molecular weight is 235 g/mol. The highest BCUT2D eigenvalue weighted by molar-refractivity contribution is 5.74. The molecule has 0 aromatic heterocycles. The Morgan fingerprint density at radius 1 is 1.53 bits per heavy atom. The van der Waals surface area contributed by atoms with Crippen LogP contribution in [-0.4, -0.2) is 19.1 Å². The highest BCUT2D eigenvalue weighted by Crippen LogP contribution is 2.23. The molecule has 1 amide bonds. The van der Waals surface area contributed by atoms with Gasteiger partial charge in [0.25, 0.3) is 0 Å². The van der Waals surface area contributed by atoms with Crippen molar-refractivity contribution in [1.29, 1.82) is 0 Å². The maximum Gasteiger partial charge on any atom is 0.245 e. The molecule has 0 fully saturated rings. The van der Waals surface area contributed by atoms with Crippen LogP contribution in [0.4, 0.5) is 0 Å². The lowest BCUT2D eigenvalue weighted by molar-refractivity contribution is -0.126. The van der Waals surface area contributed by atoms with Crippen molar-refractivity contribution >= 4 is 5.91 Å². The lowest BCUT2D eigenvalue weighted by Crippen LogP contribution is -2.28. The van der Waals surface area contributed by atoms with E-state index in [4.69, 9.17) is 10.6 Å². The molecule has 0 aliphatic carbocycles. The number of benzene rings is 1. The fourth-order valence-electron chi connectivity index (χ4n) is 2.00. The van der Waals surface area contributed by atoms with Crippen LogP contribution in [0.3, 0.4) is 0 Å². The summed E-state index contributed by atoms with van der Waals surface area (Å²) in [4.78, 5) is 15.7. The molecule has 1 unspecified atom stereocenters. The van der Waals surface area contributed by atoms with E-state index in [1.165, 1.54) is 11.1 Å². The van der Waals surface area contributed by atoms with Gasteiger partial charge >= 0.3 is 0 Å². The van der Waals surface area contributed by atoms with Gasteiger partial charge in [0.05, 0.1) is 6.04 Å². The molecule has 0 radical (unpaired) electrons. The summed E-state index contributed by atoms with van der Waals surface area (Å²) in [6.07, 6.45) is 0.912. The van der Waals surface area contributed by atoms with Crippen LogP contribution in [0.15, 0.2) is 24.3 Å². The summed E-state index contributed by atoms with van der Waals surface area (Å²) >= 11 is 0. The van der Waals surface area contributed by atoms with Crippen molar-refractivity contribution in [2.24, 2.45) is 5.73 Å². The zero-order valence-electron chi connectivity index (χ0n) is 9.61. The normalized spacial score (nSPS) is 19.4. The van der Waals surface area contributed by atoms with Crippen LogP contribution in [-0.2, 0) is 16.2 Å². The van der Waals surface area contributed by atoms with Crippen LogP contribution in [0.2, 0.25) is 0 Å². The fourth-order valence-corrected chi connectivity index (χ4v) is 2.00. The second-order valence-electron chi connectivity index (χ2n) is 4.09. The first-order valence-corrected chi connectivity index (χ1v) is 5.71.